The Bertz CT molecular complexity index is 762. The number of aromatic amines is 1. The monoisotopic (exact) mass is 430 g/mol. The number of esters is 2. The van der Waals surface area contributed by atoms with Crippen LogP contribution in [-0.4, -0.2) is 35.3 Å². The zero-order valence-corrected chi connectivity index (χ0v) is 16.4. The molecule has 1 N–H and O–H groups in total. The molecule has 1 heterocycles. The number of benzene rings is 1. The zero-order chi connectivity index (χ0) is 18.4. The van der Waals surface area contributed by atoms with Gasteiger partial charge in [-0.2, -0.15) is 5.10 Å². The zero-order valence-electron chi connectivity index (χ0n) is 14.1. The third-order valence-corrected chi connectivity index (χ3v) is 4.72. The topological polar surface area (TPSA) is 81.3 Å². The van der Waals surface area contributed by atoms with Crippen molar-refractivity contribution in [2.45, 2.75) is 32.6 Å². The normalized spacial score (nSPS) is 12.2. The van der Waals surface area contributed by atoms with Crippen molar-refractivity contribution < 1.29 is 19.1 Å². The van der Waals surface area contributed by atoms with Gasteiger partial charge < -0.3 is 9.47 Å². The van der Waals surface area contributed by atoms with Gasteiger partial charge in [0, 0.05) is 15.7 Å². The number of nitrogens with one attached hydrogen (secondary N) is 1. The average molecular weight is 432 g/mol. The Morgan fingerprint density at radius 3 is 2.68 bits per heavy atom. The Morgan fingerprint density at radius 1 is 1.32 bits per heavy atom. The first-order chi connectivity index (χ1) is 12.0. The number of carbonyl (C=O) groups is 2. The fourth-order valence-corrected chi connectivity index (χ4v) is 3.60. The number of H-pyrrole nitrogens is 1. The molecule has 0 bridgehead atoms. The fraction of sp³-hybridized carbons (Fsp3) is 0.471. The first kappa shape index (κ1) is 19.7. The first-order valence-electron chi connectivity index (χ1n) is 8.03. The van der Waals surface area contributed by atoms with Crippen LogP contribution in [0.1, 0.15) is 31.4 Å². The number of nitrogens with zero attached hydrogens (tertiary/aromatic N) is 1. The highest BCUT2D eigenvalue weighted by Gasteiger charge is 2.26. The molecule has 0 aliphatic carbocycles. The molecule has 0 spiro atoms. The summed E-state index contributed by atoms with van der Waals surface area (Å²) in [6.45, 7) is 3.99. The summed E-state index contributed by atoms with van der Waals surface area (Å²) in [7, 11) is 0. The second-order valence-corrected chi connectivity index (χ2v) is 6.57. The van der Waals surface area contributed by atoms with E-state index < -0.39 is 17.9 Å². The maximum Gasteiger partial charge on any atom is 0.309 e. The van der Waals surface area contributed by atoms with Crippen LogP contribution in [0.15, 0.2) is 16.7 Å². The number of ether oxygens (including phenoxy) is 2. The first-order valence-corrected chi connectivity index (χ1v) is 9.36. The summed E-state index contributed by atoms with van der Waals surface area (Å²) >= 11 is 9.64. The van der Waals surface area contributed by atoms with E-state index in [1.807, 2.05) is 6.07 Å². The van der Waals surface area contributed by atoms with Crippen LogP contribution in [0.2, 0.25) is 0 Å². The van der Waals surface area contributed by atoms with Gasteiger partial charge in [-0.25, -0.2) is 0 Å². The average Bonchev–Trinajstić information content (AvgIpc) is 3.05. The molecule has 2 rings (SSSR count). The Hall–Kier alpha value is -1.60. The van der Waals surface area contributed by atoms with Crippen molar-refractivity contribution in [3.8, 4) is 0 Å². The molecule has 8 heteroatoms. The third-order valence-electron chi connectivity index (χ3n) is 3.83. The van der Waals surface area contributed by atoms with E-state index in [1.54, 1.807) is 20.0 Å². The SMILES string of the molecule is CCOC(=O)C[C@H](Cc1cc(Br)c2[nH]ncc2c1CCl)C(=O)OCC. The molecule has 1 aromatic carbocycles. The van der Waals surface area contributed by atoms with Gasteiger partial charge in [0.25, 0.3) is 0 Å². The Morgan fingerprint density at radius 2 is 2.04 bits per heavy atom. The van der Waals surface area contributed by atoms with Gasteiger partial charge in [-0.3, -0.25) is 14.7 Å². The number of halogens is 2. The van der Waals surface area contributed by atoms with Crippen molar-refractivity contribution in [3.63, 3.8) is 0 Å². The second-order valence-electron chi connectivity index (χ2n) is 5.45. The Labute approximate surface area is 159 Å². The predicted octanol–water partition coefficient (Wildman–Crippen LogP) is 3.74. The van der Waals surface area contributed by atoms with Gasteiger partial charge in [-0.05, 0) is 53.4 Å². The molecule has 136 valence electrons. The van der Waals surface area contributed by atoms with Crippen molar-refractivity contribution in [1.82, 2.24) is 10.2 Å². The minimum Gasteiger partial charge on any atom is -0.466 e. The number of hydrogen-bond acceptors (Lipinski definition) is 5. The van der Waals surface area contributed by atoms with E-state index in [1.165, 1.54) is 0 Å². The van der Waals surface area contributed by atoms with E-state index in [0.29, 0.717) is 6.42 Å². The summed E-state index contributed by atoms with van der Waals surface area (Å²) in [5.41, 5.74) is 2.60. The van der Waals surface area contributed by atoms with Gasteiger partial charge in [-0.15, -0.1) is 11.6 Å². The molecule has 1 aromatic heterocycles. The third kappa shape index (κ3) is 4.73. The molecular weight excluding hydrogens is 412 g/mol. The molecule has 0 radical (unpaired) electrons. The van der Waals surface area contributed by atoms with E-state index in [0.717, 1.165) is 26.5 Å². The van der Waals surface area contributed by atoms with Crippen molar-refractivity contribution in [2.75, 3.05) is 13.2 Å². The van der Waals surface area contributed by atoms with Gasteiger partial charge in [0.15, 0.2) is 0 Å². The summed E-state index contributed by atoms with van der Waals surface area (Å²) in [6, 6.07) is 1.90. The van der Waals surface area contributed by atoms with Crippen LogP contribution in [-0.2, 0) is 31.4 Å². The maximum atomic E-state index is 12.3. The number of rotatable bonds is 8. The Balaban J connectivity index is 2.35. The summed E-state index contributed by atoms with van der Waals surface area (Å²) in [6.07, 6.45) is 2.00. The maximum absolute atomic E-state index is 12.3. The molecule has 0 aliphatic rings. The predicted molar refractivity (Wildman–Crippen MR) is 98.4 cm³/mol. The molecule has 0 aliphatic heterocycles. The van der Waals surface area contributed by atoms with E-state index in [4.69, 9.17) is 21.1 Å². The largest absolute Gasteiger partial charge is 0.466 e. The summed E-state index contributed by atoms with van der Waals surface area (Å²) < 4.78 is 10.9. The van der Waals surface area contributed by atoms with Gasteiger partial charge in [0.2, 0.25) is 0 Å². The molecule has 0 unspecified atom stereocenters. The van der Waals surface area contributed by atoms with Gasteiger partial charge in [-0.1, -0.05) is 0 Å². The van der Waals surface area contributed by atoms with Crippen LogP contribution in [0.3, 0.4) is 0 Å². The van der Waals surface area contributed by atoms with Gasteiger partial charge >= 0.3 is 11.9 Å². The number of aromatic nitrogens is 2. The quantitative estimate of drug-likeness (QED) is 0.509. The number of alkyl halides is 1. The number of carbonyl (C=O) groups excluding carboxylic acids is 2. The number of fused-ring (bicyclic) bond motifs is 1. The van der Waals surface area contributed by atoms with E-state index >= 15 is 0 Å². The summed E-state index contributed by atoms with van der Waals surface area (Å²) in [5, 5.41) is 7.85. The highest BCUT2D eigenvalue weighted by Crippen LogP contribution is 2.31. The van der Waals surface area contributed by atoms with Gasteiger partial charge in [0.1, 0.15) is 0 Å². The molecule has 0 fully saturated rings. The molecule has 1 atom stereocenters. The molecule has 25 heavy (non-hydrogen) atoms. The minimum atomic E-state index is -0.628. The highest BCUT2D eigenvalue weighted by molar-refractivity contribution is 9.10. The summed E-state index contributed by atoms with van der Waals surface area (Å²) in [5.74, 6) is -1.19. The molecule has 0 saturated heterocycles. The lowest BCUT2D eigenvalue weighted by Gasteiger charge is -2.17. The van der Waals surface area contributed by atoms with Crippen molar-refractivity contribution in [1.29, 1.82) is 0 Å². The van der Waals surface area contributed by atoms with Crippen molar-refractivity contribution in [2.24, 2.45) is 5.92 Å². The molecule has 0 amide bonds. The smallest absolute Gasteiger partial charge is 0.309 e. The minimum absolute atomic E-state index is 0.0323. The van der Waals surface area contributed by atoms with E-state index in [-0.39, 0.29) is 25.5 Å². The van der Waals surface area contributed by atoms with E-state index in [2.05, 4.69) is 26.1 Å². The van der Waals surface area contributed by atoms with Crippen molar-refractivity contribution in [3.05, 3.63) is 27.9 Å². The van der Waals surface area contributed by atoms with Crippen LogP contribution in [0.5, 0.6) is 0 Å². The van der Waals surface area contributed by atoms with Crippen LogP contribution < -0.4 is 0 Å². The molecule has 0 saturated carbocycles. The molecule has 6 nitrogen and oxygen atoms in total. The van der Waals surface area contributed by atoms with Gasteiger partial charge in [0.05, 0.1) is 37.3 Å². The van der Waals surface area contributed by atoms with Crippen LogP contribution in [0.25, 0.3) is 10.9 Å². The standard InChI is InChI=1S/C17H20BrClN2O4/c1-3-24-15(22)7-11(17(23)25-4-2)5-10-6-14(18)16-13(9-20-21-16)12(10)8-19/h6,9,11H,3-5,7-8H2,1-2H3,(H,20,21)/t11-/m0/s1. The lowest BCUT2D eigenvalue weighted by molar-refractivity contribution is -0.154. The fourth-order valence-electron chi connectivity index (χ4n) is 2.71. The molecular formula is C17H20BrClN2O4. The highest BCUT2D eigenvalue weighted by atomic mass is 79.9. The molecule has 2 aromatic rings. The van der Waals surface area contributed by atoms with Crippen LogP contribution in [0, 0.1) is 5.92 Å². The van der Waals surface area contributed by atoms with E-state index in [9.17, 15) is 9.59 Å². The lowest BCUT2D eigenvalue weighted by Crippen LogP contribution is -2.24. The Kier molecular flexibility index (Phi) is 7.25. The van der Waals surface area contributed by atoms with Crippen LogP contribution >= 0.6 is 27.5 Å². The van der Waals surface area contributed by atoms with Crippen molar-refractivity contribution >= 4 is 50.4 Å². The summed E-state index contributed by atoms with van der Waals surface area (Å²) in [4.78, 5) is 24.2. The second kappa shape index (κ2) is 9.20. The lowest BCUT2D eigenvalue weighted by atomic mass is 9.92. The van der Waals surface area contributed by atoms with Crippen LogP contribution in [0.4, 0.5) is 0 Å². The number of hydrogen-bond donors (Lipinski definition) is 1.